The number of hydrogen-bond acceptors (Lipinski definition) is 5. The van der Waals surface area contributed by atoms with E-state index < -0.39 is 17.6 Å². The van der Waals surface area contributed by atoms with E-state index in [1.54, 1.807) is 33.2 Å². The van der Waals surface area contributed by atoms with Gasteiger partial charge in [-0.15, -0.1) is 11.3 Å². The van der Waals surface area contributed by atoms with Gasteiger partial charge in [-0.2, -0.15) is 0 Å². The summed E-state index contributed by atoms with van der Waals surface area (Å²) < 4.78 is 5.21. The van der Waals surface area contributed by atoms with Crippen LogP contribution in [-0.4, -0.2) is 29.6 Å². The smallest absolute Gasteiger partial charge is 0.416 e. The molecule has 0 radical (unpaired) electrons. The van der Waals surface area contributed by atoms with Crippen molar-refractivity contribution >= 4 is 28.5 Å². The van der Waals surface area contributed by atoms with E-state index in [0.29, 0.717) is 10.8 Å². The minimum atomic E-state index is -0.557. The summed E-state index contributed by atoms with van der Waals surface area (Å²) in [5.41, 5.74) is 5.07. The molecule has 0 saturated heterocycles. The lowest BCUT2D eigenvalue weighted by molar-refractivity contribution is -0.117. The summed E-state index contributed by atoms with van der Waals surface area (Å²) in [6.45, 7) is 5.37. The first-order chi connectivity index (χ1) is 8.19. The minimum absolute atomic E-state index is 0.0681. The van der Waals surface area contributed by atoms with Gasteiger partial charge in [-0.25, -0.2) is 9.78 Å². The van der Waals surface area contributed by atoms with Gasteiger partial charge in [-0.05, 0) is 20.8 Å². The van der Waals surface area contributed by atoms with Gasteiger partial charge in [0.25, 0.3) is 0 Å². The average Bonchev–Trinajstić information content (AvgIpc) is 2.61. The Morgan fingerprint density at radius 1 is 1.50 bits per heavy atom. The molecule has 0 aliphatic carbocycles. The largest absolute Gasteiger partial charge is 0.443 e. The zero-order valence-corrected chi connectivity index (χ0v) is 11.7. The van der Waals surface area contributed by atoms with Gasteiger partial charge >= 0.3 is 6.09 Å². The van der Waals surface area contributed by atoms with E-state index in [4.69, 9.17) is 10.5 Å². The van der Waals surface area contributed by atoms with E-state index in [0.717, 1.165) is 0 Å². The Kier molecular flexibility index (Phi) is 4.28. The van der Waals surface area contributed by atoms with Crippen molar-refractivity contribution in [3.8, 4) is 0 Å². The molecule has 0 spiro atoms. The van der Waals surface area contributed by atoms with Crippen molar-refractivity contribution in [2.24, 2.45) is 5.73 Å². The molecule has 2 N–H and O–H groups in total. The maximum Gasteiger partial charge on any atom is 0.416 e. The molecule has 0 fully saturated rings. The Labute approximate surface area is 110 Å². The molecule has 100 valence electrons. The second kappa shape index (κ2) is 5.34. The van der Waals surface area contributed by atoms with Crippen LogP contribution in [0.25, 0.3) is 0 Å². The molecule has 0 unspecified atom stereocenters. The van der Waals surface area contributed by atoms with Gasteiger partial charge in [-0.1, -0.05) is 0 Å². The average molecular weight is 271 g/mol. The number of carbonyl (C=O) groups excluding carboxylic acids is 2. The van der Waals surface area contributed by atoms with Gasteiger partial charge in [0.15, 0.2) is 5.13 Å². The Bertz CT molecular complexity index is 451. The lowest BCUT2D eigenvalue weighted by Gasteiger charge is -2.23. The van der Waals surface area contributed by atoms with Crippen molar-refractivity contribution in [3.05, 3.63) is 11.1 Å². The Morgan fingerprint density at radius 3 is 2.61 bits per heavy atom. The topological polar surface area (TPSA) is 85.5 Å². The number of hydrogen-bond donors (Lipinski definition) is 1. The molecule has 0 aliphatic rings. The third kappa shape index (κ3) is 4.33. The van der Waals surface area contributed by atoms with Gasteiger partial charge in [0, 0.05) is 12.4 Å². The first kappa shape index (κ1) is 14.4. The molecule has 0 atom stereocenters. The van der Waals surface area contributed by atoms with Crippen molar-refractivity contribution in [3.63, 3.8) is 0 Å². The lowest BCUT2D eigenvalue weighted by Crippen LogP contribution is -2.34. The van der Waals surface area contributed by atoms with Gasteiger partial charge in [-0.3, -0.25) is 9.69 Å². The fourth-order valence-corrected chi connectivity index (χ4v) is 1.90. The number of primary amides is 1. The summed E-state index contributed by atoms with van der Waals surface area (Å²) in [5, 5.41) is 2.17. The normalized spacial score (nSPS) is 11.1. The third-order valence-electron chi connectivity index (χ3n) is 1.85. The minimum Gasteiger partial charge on any atom is -0.443 e. The summed E-state index contributed by atoms with van der Waals surface area (Å²) >= 11 is 1.26. The monoisotopic (exact) mass is 271 g/mol. The first-order valence-electron chi connectivity index (χ1n) is 5.38. The molecule has 1 aromatic rings. The van der Waals surface area contributed by atoms with Gasteiger partial charge in [0.05, 0.1) is 12.1 Å². The maximum atomic E-state index is 11.8. The molecule has 1 heterocycles. The summed E-state index contributed by atoms with van der Waals surface area (Å²) in [7, 11) is 1.57. The summed E-state index contributed by atoms with van der Waals surface area (Å²) in [6, 6.07) is 0. The van der Waals surface area contributed by atoms with Crippen molar-refractivity contribution in [2.45, 2.75) is 32.8 Å². The molecule has 1 aromatic heterocycles. The number of anilines is 1. The summed E-state index contributed by atoms with van der Waals surface area (Å²) in [6.07, 6.45) is -0.416. The van der Waals surface area contributed by atoms with E-state index >= 15 is 0 Å². The number of thiazole rings is 1. The van der Waals surface area contributed by atoms with Gasteiger partial charge in [0.1, 0.15) is 5.60 Å². The lowest BCUT2D eigenvalue weighted by atomic mass is 10.2. The van der Waals surface area contributed by atoms with Crippen molar-refractivity contribution in [2.75, 3.05) is 11.9 Å². The van der Waals surface area contributed by atoms with Crippen LogP contribution in [0.3, 0.4) is 0 Å². The third-order valence-corrected chi connectivity index (χ3v) is 2.82. The van der Waals surface area contributed by atoms with Crippen LogP contribution in [0.5, 0.6) is 0 Å². The molecule has 18 heavy (non-hydrogen) atoms. The highest BCUT2D eigenvalue weighted by Gasteiger charge is 2.22. The van der Waals surface area contributed by atoms with E-state index in [1.165, 1.54) is 16.2 Å². The highest BCUT2D eigenvalue weighted by molar-refractivity contribution is 7.14. The molecular weight excluding hydrogens is 254 g/mol. The number of rotatable bonds is 3. The quantitative estimate of drug-likeness (QED) is 0.903. The van der Waals surface area contributed by atoms with Crippen molar-refractivity contribution in [1.29, 1.82) is 0 Å². The van der Waals surface area contributed by atoms with Crippen LogP contribution in [0.2, 0.25) is 0 Å². The molecule has 0 aliphatic heterocycles. The molecular formula is C11H17N3O3S. The van der Waals surface area contributed by atoms with Crippen LogP contribution >= 0.6 is 11.3 Å². The number of aromatic nitrogens is 1. The van der Waals surface area contributed by atoms with E-state index in [2.05, 4.69) is 4.98 Å². The van der Waals surface area contributed by atoms with E-state index in [9.17, 15) is 9.59 Å². The molecule has 6 nitrogen and oxygen atoms in total. The van der Waals surface area contributed by atoms with E-state index in [1.807, 2.05) is 0 Å². The maximum absolute atomic E-state index is 11.8. The molecule has 0 aromatic carbocycles. The fraction of sp³-hybridized carbons (Fsp3) is 0.545. The SMILES string of the molecule is CN(C(=O)OC(C)(C)C)c1nc(CC(N)=O)cs1. The van der Waals surface area contributed by atoms with Gasteiger partial charge < -0.3 is 10.5 Å². The summed E-state index contributed by atoms with van der Waals surface area (Å²) in [4.78, 5) is 28.0. The van der Waals surface area contributed by atoms with Crippen LogP contribution in [0.15, 0.2) is 5.38 Å². The molecule has 7 heteroatoms. The molecule has 0 bridgehead atoms. The van der Waals surface area contributed by atoms with Crippen molar-refractivity contribution < 1.29 is 14.3 Å². The number of nitrogens with two attached hydrogens (primary N) is 1. The highest BCUT2D eigenvalue weighted by atomic mass is 32.1. The second-order valence-electron chi connectivity index (χ2n) is 4.80. The number of nitrogens with zero attached hydrogens (tertiary/aromatic N) is 2. The zero-order chi connectivity index (χ0) is 13.9. The number of amides is 2. The zero-order valence-electron chi connectivity index (χ0n) is 10.9. The Hall–Kier alpha value is -1.63. The molecule has 0 saturated carbocycles. The highest BCUT2D eigenvalue weighted by Crippen LogP contribution is 2.21. The standard InChI is InChI=1S/C11H17N3O3S/c1-11(2,3)17-10(16)14(4)9-13-7(6-18-9)5-8(12)15/h6H,5H2,1-4H3,(H2,12,15). The predicted molar refractivity (Wildman–Crippen MR) is 69.6 cm³/mol. The summed E-state index contributed by atoms with van der Waals surface area (Å²) in [5.74, 6) is -0.452. The first-order valence-corrected chi connectivity index (χ1v) is 6.26. The van der Waals surface area contributed by atoms with Crippen LogP contribution < -0.4 is 10.6 Å². The fourth-order valence-electron chi connectivity index (χ4n) is 1.12. The van der Waals surface area contributed by atoms with Crippen LogP contribution in [-0.2, 0) is 16.0 Å². The van der Waals surface area contributed by atoms with Crippen molar-refractivity contribution in [1.82, 2.24) is 4.98 Å². The van der Waals surface area contributed by atoms with Crippen LogP contribution in [0, 0.1) is 0 Å². The Morgan fingerprint density at radius 2 is 2.11 bits per heavy atom. The van der Waals surface area contributed by atoms with Gasteiger partial charge in [0.2, 0.25) is 5.91 Å². The number of carbonyl (C=O) groups is 2. The predicted octanol–water partition coefficient (Wildman–Crippen LogP) is 1.54. The Balaban J connectivity index is 2.72. The van der Waals surface area contributed by atoms with Crippen LogP contribution in [0.1, 0.15) is 26.5 Å². The van der Waals surface area contributed by atoms with E-state index in [-0.39, 0.29) is 6.42 Å². The molecule has 1 rings (SSSR count). The number of ether oxygens (including phenoxy) is 1. The second-order valence-corrected chi connectivity index (χ2v) is 5.64. The van der Waals surface area contributed by atoms with Crippen LogP contribution in [0.4, 0.5) is 9.93 Å². The molecule has 2 amide bonds.